The molecule has 30 heavy (non-hydrogen) atoms. The minimum atomic E-state index is -0.189. The maximum absolute atomic E-state index is 12.1. The molecule has 0 spiro atoms. The quantitative estimate of drug-likeness (QED) is 0.483. The molecule has 0 aliphatic carbocycles. The minimum absolute atomic E-state index is 0.157. The summed E-state index contributed by atoms with van der Waals surface area (Å²) in [7, 11) is 0. The first kappa shape index (κ1) is 20.0. The van der Waals surface area contributed by atoms with Crippen molar-refractivity contribution in [2.45, 2.75) is 39.4 Å². The van der Waals surface area contributed by atoms with Gasteiger partial charge in [0.05, 0.1) is 23.3 Å². The summed E-state index contributed by atoms with van der Waals surface area (Å²) in [4.78, 5) is 12.1. The van der Waals surface area contributed by atoms with Crippen LogP contribution >= 0.6 is 0 Å². The summed E-state index contributed by atoms with van der Waals surface area (Å²) in [5, 5.41) is 8.51. The second kappa shape index (κ2) is 8.25. The zero-order chi connectivity index (χ0) is 21.1. The first-order chi connectivity index (χ1) is 14.4. The average Bonchev–Trinajstić information content (AvgIpc) is 2.74. The number of hydrogen-bond donors (Lipinski definition) is 1. The molecule has 1 aromatic heterocycles. The van der Waals surface area contributed by atoms with E-state index in [0.29, 0.717) is 18.4 Å². The molecule has 0 saturated carbocycles. The molecule has 0 unspecified atom stereocenters. The molecule has 3 aromatic carbocycles. The third-order valence-corrected chi connectivity index (χ3v) is 5.06. The number of H-pyrrole nitrogens is 1. The first-order valence-corrected chi connectivity index (χ1v) is 10.2. The molecule has 4 nitrogen and oxygen atoms in total. The van der Waals surface area contributed by atoms with Crippen LogP contribution in [0.2, 0.25) is 0 Å². The predicted octanol–water partition coefficient (Wildman–Crippen LogP) is 5.50. The van der Waals surface area contributed by atoms with Crippen molar-refractivity contribution in [1.82, 2.24) is 10.2 Å². The number of nitrogens with zero attached hydrogens (tertiary/aromatic N) is 1. The lowest BCUT2D eigenvalue weighted by Gasteiger charge is -2.21. The van der Waals surface area contributed by atoms with E-state index in [1.165, 1.54) is 5.56 Å². The van der Waals surface area contributed by atoms with Gasteiger partial charge in [-0.15, -0.1) is 0 Å². The average molecular weight is 399 g/mol. The van der Waals surface area contributed by atoms with Gasteiger partial charge in [0, 0.05) is 11.8 Å². The summed E-state index contributed by atoms with van der Waals surface area (Å²) in [5.41, 5.74) is 5.15. The van der Waals surface area contributed by atoms with E-state index in [4.69, 9.17) is 4.74 Å². The Balaban J connectivity index is 1.67. The van der Waals surface area contributed by atoms with Gasteiger partial charge < -0.3 is 4.74 Å². The highest BCUT2D eigenvalue weighted by Gasteiger charge is 2.13. The van der Waals surface area contributed by atoms with Gasteiger partial charge in [-0.25, -0.2) is 5.10 Å². The Hall–Kier alpha value is -3.24. The molecule has 0 radical (unpaired) electrons. The summed E-state index contributed by atoms with van der Waals surface area (Å²) in [5.74, 6) is 0. The molecular weight excluding hydrogens is 372 g/mol. The van der Waals surface area contributed by atoms with E-state index in [2.05, 4.69) is 73.4 Å². The largest absolute Gasteiger partial charge is 0.371 e. The number of hydrogen-bond acceptors (Lipinski definition) is 3. The number of rotatable bonds is 5. The second-order valence-corrected chi connectivity index (χ2v) is 8.48. The SMILES string of the molecule is CC(C)(C)OCc1ccccc1-c1cccc(Cc2n[nH]c(=O)c3ccccc23)c1. The van der Waals surface area contributed by atoms with Gasteiger partial charge in [-0.1, -0.05) is 66.7 Å². The van der Waals surface area contributed by atoms with Gasteiger partial charge in [0.2, 0.25) is 0 Å². The Kier molecular flexibility index (Phi) is 5.51. The van der Waals surface area contributed by atoms with E-state index in [-0.39, 0.29) is 11.2 Å². The lowest BCUT2D eigenvalue weighted by atomic mass is 9.96. The highest BCUT2D eigenvalue weighted by atomic mass is 16.5. The molecule has 0 bridgehead atoms. The summed E-state index contributed by atoms with van der Waals surface area (Å²) >= 11 is 0. The van der Waals surface area contributed by atoms with Crippen molar-refractivity contribution in [3.8, 4) is 11.1 Å². The summed E-state index contributed by atoms with van der Waals surface area (Å²) in [6, 6.07) is 24.4. The maximum Gasteiger partial charge on any atom is 0.272 e. The predicted molar refractivity (Wildman–Crippen MR) is 122 cm³/mol. The zero-order valence-electron chi connectivity index (χ0n) is 17.6. The molecule has 4 heteroatoms. The summed E-state index contributed by atoms with van der Waals surface area (Å²) in [6.07, 6.45) is 0.645. The van der Waals surface area contributed by atoms with Crippen LogP contribution in [0, 0.1) is 0 Å². The van der Waals surface area contributed by atoms with Crippen LogP contribution in [0.5, 0.6) is 0 Å². The summed E-state index contributed by atoms with van der Waals surface area (Å²) in [6.45, 7) is 6.77. The van der Waals surface area contributed by atoms with E-state index in [0.717, 1.165) is 27.8 Å². The van der Waals surface area contributed by atoms with Gasteiger partial charge in [-0.2, -0.15) is 5.10 Å². The van der Waals surface area contributed by atoms with Crippen molar-refractivity contribution in [3.63, 3.8) is 0 Å². The third-order valence-electron chi connectivity index (χ3n) is 5.06. The van der Waals surface area contributed by atoms with E-state index in [1.54, 1.807) is 0 Å². The van der Waals surface area contributed by atoms with Crippen LogP contribution in [0.3, 0.4) is 0 Å². The molecule has 4 aromatic rings. The van der Waals surface area contributed by atoms with Crippen LogP contribution in [0.1, 0.15) is 37.6 Å². The van der Waals surface area contributed by atoms with Crippen molar-refractivity contribution in [1.29, 1.82) is 0 Å². The topological polar surface area (TPSA) is 55.0 Å². The molecule has 152 valence electrons. The van der Waals surface area contributed by atoms with E-state index >= 15 is 0 Å². The van der Waals surface area contributed by atoms with Gasteiger partial charge in [0.25, 0.3) is 5.56 Å². The lowest BCUT2D eigenvalue weighted by molar-refractivity contribution is -0.0147. The van der Waals surface area contributed by atoms with E-state index in [9.17, 15) is 4.79 Å². The Bertz CT molecular complexity index is 1240. The Morgan fingerprint density at radius 3 is 2.43 bits per heavy atom. The Labute approximate surface area is 176 Å². The fourth-order valence-electron chi connectivity index (χ4n) is 3.57. The van der Waals surface area contributed by atoms with Gasteiger partial charge >= 0.3 is 0 Å². The molecule has 0 aliphatic heterocycles. The lowest BCUT2D eigenvalue weighted by Crippen LogP contribution is -2.18. The van der Waals surface area contributed by atoms with Crippen LogP contribution < -0.4 is 5.56 Å². The van der Waals surface area contributed by atoms with Crippen molar-refractivity contribution in [2.24, 2.45) is 0 Å². The smallest absolute Gasteiger partial charge is 0.272 e. The molecule has 0 aliphatic rings. The third kappa shape index (κ3) is 4.50. The summed E-state index contributed by atoms with van der Waals surface area (Å²) < 4.78 is 6.02. The van der Waals surface area contributed by atoms with Crippen molar-refractivity contribution >= 4 is 10.8 Å². The highest BCUT2D eigenvalue weighted by molar-refractivity contribution is 5.83. The zero-order valence-corrected chi connectivity index (χ0v) is 17.6. The number of aromatic amines is 1. The minimum Gasteiger partial charge on any atom is -0.371 e. The van der Waals surface area contributed by atoms with Crippen LogP contribution in [-0.4, -0.2) is 15.8 Å². The van der Waals surface area contributed by atoms with E-state index in [1.807, 2.05) is 30.3 Å². The number of fused-ring (bicyclic) bond motifs is 1. The van der Waals surface area contributed by atoms with Crippen LogP contribution in [-0.2, 0) is 17.8 Å². The molecule has 1 heterocycles. The van der Waals surface area contributed by atoms with Crippen LogP contribution in [0.15, 0.2) is 77.6 Å². The van der Waals surface area contributed by atoms with Crippen LogP contribution in [0.25, 0.3) is 21.9 Å². The normalized spacial score (nSPS) is 11.7. The molecule has 0 atom stereocenters. The molecule has 0 amide bonds. The standard InChI is InChI=1S/C26H26N2O2/c1-26(2,3)30-17-20-10-4-5-12-21(20)19-11-8-9-18(15-19)16-24-22-13-6-7-14-23(22)25(29)28-27-24/h4-15H,16-17H2,1-3H3,(H,28,29). The molecule has 4 rings (SSSR count). The highest BCUT2D eigenvalue weighted by Crippen LogP contribution is 2.27. The molecular formula is C26H26N2O2. The molecule has 0 fully saturated rings. The second-order valence-electron chi connectivity index (χ2n) is 8.48. The fourth-order valence-corrected chi connectivity index (χ4v) is 3.57. The van der Waals surface area contributed by atoms with Gasteiger partial charge in [0.1, 0.15) is 0 Å². The maximum atomic E-state index is 12.1. The molecule has 0 saturated heterocycles. The van der Waals surface area contributed by atoms with Crippen LogP contribution in [0.4, 0.5) is 0 Å². The van der Waals surface area contributed by atoms with Gasteiger partial charge in [0.15, 0.2) is 0 Å². The van der Waals surface area contributed by atoms with Crippen molar-refractivity contribution in [3.05, 3.63) is 100.0 Å². The molecule has 1 N–H and O–H groups in total. The van der Waals surface area contributed by atoms with Crippen molar-refractivity contribution in [2.75, 3.05) is 0 Å². The Morgan fingerprint density at radius 2 is 1.63 bits per heavy atom. The van der Waals surface area contributed by atoms with E-state index < -0.39 is 0 Å². The number of aromatic nitrogens is 2. The van der Waals surface area contributed by atoms with Crippen molar-refractivity contribution < 1.29 is 4.74 Å². The first-order valence-electron chi connectivity index (χ1n) is 10.2. The van der Waals surface area contributed by atoms with Gasteiger partial charge in [-0.3, -0.25) is 4.79 Å². The number of ether oxygens (including phenoxy) is 1. The Morgan fingerprint density at radius 1 is 0.900 bits per heavy atom. The van der Waals surface area contributed by atoms with Gasteiger partial charge in [-0.05, 0) is 49.1 Å². The number of nitrogens with one attached hydrogen (secondary N) is 1. The monoisotopic (exact) mass is 398 g/mol. The number of benzene rings is 3. The fraction of sp³-hybridized carbons (Fsp3) is 0.231.